The van der Waals surface area contributed by atoms with Gasteiger partial charge in [0, 0.05) is 38.8 Å². The van der Waals surface area contributed by atoms with Gasteiger partial charge in [0.2, 0.25) is 5.88 Å². The van der Waals surface area contributed by atoms with Crippen LogP contribution in [0.3, 0.4) is 0 Å². The van der Waals surface area contributed by atoms with Gasteiger partial charge in [0.15, 0.2) is 0 Å². The van der Waals surface area contributed by atoms with Gasteiger partial charge in [-0.05, 0) is 39.9 Å². The second-order valence-electron chi connectivity index (χ2n) is 5.65. The SMILES string of the molecule is COc1ccc(Br)c(C[C@H]2C(=O)CC[C@@H](C)[C@@H]2[SiH2]C)n1. The fourth-order valence-corrected chi connectivity index (χ4v) is 5.71. The van der Waals surface area contributed by atoms with Crippen LogP contribution in [0.1, 0.15) is 25.5 Å². The van der Waals surface area contributed by atoms with Gasteiger partial charge in [0.05, 0.1) is 12.8 Å². The molecule has 1 aliphatic carbocycles. The molecule has 3 atom stereocenters. The van der Waals surface area contributed by atoms with Crippen LogP contribution >= 0.6 is 15.9 Å². The van der Waals surface area contributed by atoms with Gasteiger partial charge in [-0.2, -0.15) is 0 Å². The van der Waals surface area contributed by atoms with Gasteiger partial charge in [0.25, 0.3) is 0 Å². The van der Waals surface area contributed by atoms with E-state index in [9.17, 15) is 4.79 Å². The monoisotopic (exact) mass is 355 g/mol. The summed E-state index contributed by atoms with van der Waals surface area (Å²) in [6.07, 6.45) is 2.54. The predicted molar refractivity (Wildman–Crippen MR) is 87.2 cm³/mol. The molecule has 1 saturated carbocycles. The number of methoxy groups -OCH3 is 1. The Morgan fingerprint density at radius 1 is 1.50 bits per heavy atom. The highest BCUT2D eigenvalue weighted by atomic mass is 79.9. The van der Waals surface area contributed by atoms with Crippen molar-refractivity contribution >= 4 is 31.2 Å². The summed E-state index contributed by atoms with van der Waals surface area (Å²) in [5, 5.41) is 0. The van der Waals surface area contributed by atoms with Crippen molar-refractivity contribution in [1.82, 2.24) is 4.98 Å². The highest BCUT2D eigenvalue weighted by Gasteiger charge is 2.35. The van der Waals surface area contributed by atoms with Gasteiger partial charge in [0.1, 0.15) is 5.78 Å². The molecule has 1 fully saturated rings. The molecule has 0 aromatic carbocycles. The Morgan fingerprint density at radius 3 is 2.90 bits per heavy atom. The van der Waals surface area contributed by atoms with Crippen LogP contribution in [-0.4, -0.2) is 27.4 Å². The third-order valence-corrected chi connectivity index (χ3v) is 7.53. The summed E-state index contributed by atoms with van der Waals surface area (Å²) >= 11 is 3.55. The highest BCUT2D eigenvalue weighted by Crippen LogP contribution is 2.39. The number of halogens is 1. The van der Waals surface area contributed by atoms with Gasteiger partial charge >= 0.3 is 0 Å². The van der Waals surface area contributed by atoms with Crippen LogP contribution in [0, 0.1) is 11.8 Å². The highest BCUT2D eigenvalue weighted by molar-refractivity contribution is 9.10. The molecule has 1 heterocycles. The molecule has 0 unspecified atom stereocenters. The summed E-state index contributed by atoms with van der Waals surface area (Å²) in [4.78, 5) is 16.8. The number of rotatable bonds is 4. The molecular formula is C15H22BrNO2Si. The largest absolute Gasteiger partial charge is 0.481 e. The number of hydrogen-bond acceptors (Lipinski definition) is 3. The van der Waals surface area contributed by atoms with E-state index >= 15 is 0 Å². The van der Waals surface area contributed by atoms with Crippen LogP contribution in [-0.2, 0) is 11.2 Å². The Hall–Kier alpha value is -0.683. The van der Waals surface area contributed by atoms with E-state index < -0.39 is 0 Å². The van der Waals surface area contributed by atoms with Crippen LogP contribution in [0.25, 0.3) is 0 Å². The lowest BCUT2D eigenvalue weighted by atomic mass is 9.78. The van der Waals surface area contributed by atoms with E-state index in [1.165, 1.54) is 0 Å². The lowest BCUT2D eigenvalue weighted by Gasteiger charge is -2.34. The third-order valence-electron chi connectivity index (χ3n) is 4.49. The maximum atomic E-state index is 12.3. The van der Waals surface area contributed by atoms with E-state index in [2.05, 4.69) is 34.4 Å². The van der Waals surface area contributed by atoms with Crippen molar-refractivity contribution in [2.75, 3.05) is 7.11 Å². The maximum absolute atomic E-state index is 12.3. The summed E-state index contributed by atoms with van der Waals surface area (Å²) in [7, 11) is 1.42. The molecule has 0 spiro atoms. The van der Waals surface area contributed by atoms with Crippen molar-refractivity contribution in [2.24, 2.45) is 11.8 Å². The molecular weight excluding hydrogens is 334 g/mol. The molecule has 3 nitrogen and oxygen atoms in total. The van der Waals surface area contributed by atoms with E-state index in [-0.39, 0.29) is 15.4 Å². The van der Waals surface area contributed by atoms with E-state index in [4.69, 9.17) is 4.74 Å². The summed E-state index contributed by atoms with van der Waals surface area (Å²) < 4.78 is 6.16. The number of nitrogens with zero attached hydrogens (tertiary/aromatic N) is 1. The zero-order valence-corrected chi connectivity index (χ0v) is 15.4. The van der Waals surface area contributed by atoms with Gasteiger partial charge in [-0.25, -0.2) is 4.98 Å². The van der Waals surface area contributed by atoms with Crippen molar-refractivity contribution in [3.05, 3.63) is 22.3 Å². The quantitative estimate of drug-likeness (QED) is 0.779. The second kappa shape index (κ2) is 6.85. The topological polar surface area (TPSA) is 39.2 Å². The summed E-state index contributed by atoms with van der Waals surface area (Å²) in [6.45, 7) is 4.62. The van der Waals surface area contributed by atoms with Crippen molar-refractivity contribution in [2.45, 2.75) is 38.3 Å². The standard InChI is InChI=1S/C15H22BrNO2Si/c1-9-4-6-13(18)10(15(9)20-3)8-12-11(16)5-7-14(17-12)19-2/h5,7,9-10,15H,4,6,8,20H2,1-3H3/t9-,10+,15+/m1/s1. The first-order valence-corrected chi connectivity index (χ1v) is 10.3. The van der Waals surface area contributed by atoms with Crippen LogP contribution in [0.4, 0.5) is 0 Å². The lowest BCUT2D eigenvalue weighted by Crippen LogP contribution is -2.34. The molecule has 1 aromatic rings. The molecule has 5 heteroatoms. The van der Waals surface area contributed by atoms with Gasteiger partial charge in [-0.15, -0.1) is 0 Å². The number of aromatic nitrogens is 1. The molecule has 1 aliphatic rings. The molecule has 2 rings (SSSR count). The number of ether oxygens (including phenoxy) is 1. The van der Waals surface area contributed by atoms with Crippen LogP contribution in [0.5, 0.6) is 5.88 Å². The molecule has 0 saturated heterocycles. The van der Waals surface area contributed by atoms with Crippen molar-refractivity contribution in [1.29, 1.82) is 0 Å². The third kappa shape index (κ3) is 3.31. The normalized spacial score (nSPS) is 27.2. The van der Waals surface area contributed by atoms with Crippen LogP contribution in [0.2, 0.25) is 12.1 Å². The van der Waals surface area contributed by atoms with E-state index in [1.807, 2.05) is 12.1 Å². The lowest BCUT2D eigenvalue weighted by molar-refractivity contribution is -0.125. The molecule has 0 amide bonds. The van der Waals surface area contributed by atoms with Gasteiger partial charge in [-0.3, -0.25) is 4.79 Å². The average molecular weight is 356 g/mol. The Labute approximate surface area is 131 Å². The number of Topliss-reactive ketones (excluding diaryl/α,β-unsaturated/α-hetero) is 1. The second-order valence-corrected chi connectivity index (χ2v) is 8.26. The molecule has 0 bridgehead atoms. The Morgan fingerprint density at radius 2 is 2.25 bits per heavy atom. The summed E-state index contributed by atoms with van der Waals surface area (Å²) in [5.74, 6) is 1.88. The number of carbonyl (C=O) groups excluding carboxylic acids is 1. The minimum Gasteiger partial charge on any atom is -0.481 e. The maximum Gasteiger partial charge on any atom is 0.213 e. The number of ketones is 1. The first-order valence-electron chi connectivity index (χ1n) is 7.29. The van der Waals surface area contributed by atoms with Gasteiger partial charge < -0.3 is 4.74 Å². The summed E-state index contributed by atoms with van der Waals surface area (Å²) in [5.41, 5.74) is 1.56. The van der Waals surface area contributed by atoms with Crippen LogP contribution < -0.4 is 4.74 Å². The molecule has 0 aliphatic heterocycles. The summed E-state index contributed by atoms with van der Waals surface area (Å²) in [6, 6.07) is 3.79. The van der Waals surface area contributed by atoms with Crippen LogP contribution in [0.15, 0.2) is 16.6 Å². The molecule has 20 heavy (non-hydrogen) atoms. The molecule has 110 valence electrons. The first-order chi connectivity index (χ1) is 9.56. The molecule has 0 radical (unpaired) electrons. The van der Waals surface area contributed by atoms with Crippen molar-refractivity contribution < 1.29 is 9.53 Å². The first kappa shape index (κ1) is 15.7. The Balaban J connectivity index is 2.24. The zero-order valence-electron chi connectivity index (χ0n) is 12.4. The Bertz CT molecular complexity index is 495. The van der Waals surface area contributed by atoms with Crippen molar-refractivity contribution in [3.8, 4) is 5.88 Å². The minimum atomic E-state index is -0.197. The van der Waals surface area contributed by atoms with E-state index in [0.717, 1.165) is 29.4 Å². The molecule has 0 N–H and O–H groups in total. The number of carbonyl (C=O) groups is 1. The fourth-order valence-electron chi connectivity index (χ4n) is 3.29. The number of hydrogen-bond donors (Lipinski definition) is 0. The molecule has 1 aromatic heterocycles. The van der Waals surface area contributed by atoms with E-state index in [0.29, 0.717) is 23.1 Å². The fraction of sp³-hybridized carbons (Fsp3) is 0.600. The smallest absolute Gasteiger partial charge is 0.213 e. The van der Waals surface area contributed by atoms with Gasteiger partial charge in [-0.1, -0.05) is 13.5 Å². The minimum absolute atomic E-state index is 0.159. The Kier molecular flexibility index (Phi) is 5.38. The zero-order chi connectivity index (χ0) is 14.7. The predicted octanol–water partition coefficient (Wildman–Crippen LogP) is 3.02. The van der Waals surface area contributed by atoms with E-state index in [1.54, 1.807) is 7.11 Å². The van der Waals surface area contributed by atoms with Crippen molar-refractivity contribution in [3.63, 3.8) is 0 Å². The number of pyridine rings is 1. The average Bonchev–Trinajstić information content (AvgIpc) is 2.45.